The molecule has 0 spiro atoms. The molecule has 116 valence electrons. The van der Waals surface area contributed by atoms with Gasteiger partial charge in [0.2, 0.25) is 0 Å². The van der Waals surface area contributed by atoms with E-state index in [1.165, 1.54) is 25.3 Å². The third-order valence-electron chi connectivity index (χ3n) is 3.41. The van der Waals surface area contributed by atoms with Gasteiger partial charge in [-0.2, -0.15) is 0 Å². The van der Waals surface area contributed by atoms with Crippen molar-refractivity contribution in [2.75, 3.05) is 13.7 Å². The molecule has 0 heterocycles. The lowest BCUT2D eigenvalue weighted by molar-refractivity contribution is -0.385. The third-order valence-corrected chi connectivity index (χ3v) is 3.41. The molecule has 21 heavy (non-hydrogen) atoms. The topological polar surface area (TPSA) is 107 Å². The van der Waals surface area contributed by atoms with E-state index in [-0.39, 0.29) is 29.7 Å². The minimum Gasteiger partial charge on any atom is -0.497 e. The van der Waals surface area contributed by atoms with Crippen LogP contribution >= 0.6 is 12.4 Å². The number of nitro benzene ring substituents is 1. The zero-order chi connectivity index (χ0) is 14.7. The standard InChI is InChI=1S/C13H17N3O4.ClH/c1-20-9-4-5-12(16(18)19)10(6-9)13(17)15-11(7-14)8-2-3-8;/h4-6,8,11H,2-3,7,14H2,1H3,(H,15,17);1H. The number of nitro groups is 1. The van der Waals surface area contributed by atoms with Gasteiger partial charge in [0, 0.05) is 18.7 Å². The molecule has 2 rings (SSSR count). The van der Waals surface area contributed by atoms with Crippen molar-refractivity contribution in [2.24, 2.45) is 11.7 Å². The molecule has 8 heteroatoms. The third kappa shape index (κ3) is 4.05. The number of ether oxygens (including phenoxy) is 1. The highest BCUT2D eigenvalue weighted by molar-refractivity contribution is 5.98. The first-order chi connectivity index (χ1) is 9.56. The summed E-state index contributed by atoms with van der Waals surface area (Å²) in [5.41, 5.74) is 5.37. The summed E-state index contributed by atoms with van der Waals surface area (Å²) < 4.78 is 5.00. The van der Waals surface area contributed by atoms with Crippen LogP contribution in [0.15, 0.2) is 18.2 Å². The number of hydrogen-bond donors (Lipinski definition) is 2. The molecule has 1 unspecified atom stereocenters. The Morgan fingerprint density at radius 2 is 2.24 bits per heavy atom. The number of nitrogens with two attached hydrogens (primary N) is 1. The second-order valence-electron chi connectivity index (χ2n) is 4.79. The van der Waals surface area contributed by atoms with Crippen molar-refractivity contribution in [1.29, 1.82) is 0 Å². The van der Waals surface area contributed by atoms with Crippen LogP contribution in [0, 0.1) is 16.0 Å². The maximum Gasteiger partial charge on any atom is 0.282 e. The molecule has 7 nitrogen and oxygen atoms in total. The molecule has 0 aliphatic heterocycles. The molecule has 1 aliphatic rings. The smallest absolute Gasteiger partial charge is 0.282 e. The van der Waals surface area contributed by atoms with E-state index < -0.39 is 10.8 Å². The van der Waals surface area contributed by atoms with Crippen LogP contribution < -0.4 is 15.8 Å². The maximum absolute atomic E-state index is 12.2. The van der Waals surface area contributed by atoms with Crippen molar-refractivity contribution in [1.82, 2.24) is 5.32 Å². The van der Waals surface area contributed by atoms with Crippen LogP contribution in [0.4, 0.5) is 5.69 Å². The molecule has 1 aliphatic carbocycles. The fourth-order valence-electron chi connectivity index (χ4n) is 2.10. The molecule has 1 amide bonds. The first-order valence-electron chi connectivity index (χ1n) is 6.40. The number of carbonyl (C=O) groups is 1. The number of carbonyl (C=O) groups excluding carboxylic acids is 1. The van der Waals surface area contributed by atoms with E-state index in [1.54, 1.807) is 0 Å². The van der Waals surface area contributed by atoms with Crippen LogP contribution in [-0.4, -0.2) is 30.5 Å². The molecule has 1 aromatic carbocycles. The molecule has 0 radical (unpaired) electrons. The number of halogens is 1. The Kier molecular flexibility index (Phi) is 5.92. The van der Waals surface area contributed by atoms with E-state index >= 15 is 0 Å². The van der Waals surface area contributed by atoms with E-state index in [0.29, 0.717) is 18.2 Å². The predicted octanol–water partition coefficient (Wildman–Crippen LogP) is 1.49. The van der Waals surface area contributed by atoms with E-state index in [4.69, 9.17) is 10.5 Å². The second-order valence-corrected chi connectivity index (χ2v) is 4.79. The summed E-state index contributed by atoms with van der Waals surface area (Å²) >= 11 is 0. The van der Waals surface area contributed by atoms with Crippen LogP contribution in [0.25, 0.3) is 0 Å². The highest BCUT2D eigenvalue weighted by Gasteiger charge is 2.32. The lowest BCUT2D eigenvalue weighted by Gasteiger charge is -2.16. The molecule has 0 bridgehead atoms. The second kappa shape index (κ2) is 7.24. The van der Waals surface area contributed by atoms with Crippen molar-refractivity contribution in [3.63, 3.8) is 0 Å². The van der Waals surface area contributed by atoms with E-state index in [9.17, 15) is 14.9 Å². The quantitative estimate of drug-likeness (QED) is 0.611. The zero-order valence-electron chi connectivity index (χ0n) is 11.6. The van der Waals surface area contributed by atoms with Gasteiger partial charge in [-0.25, -0.2) is 0 Å². The fourth-order valence-corrected chi connectivity index (χ4v) is 2.10. The van der Waals surface area contributed by atoms with Crippen molar-refractivity contribution >= 4 is 24.0 Å². The largest absolute Gasteiger partial charge is 0.497 e. The average Bonchev–Trinajstić information content (AvgIpc) is 3.28. The number of nitrogens with one attached hydrogen (secondary N) is 1. The highest BCUT2D eigenvalue weighted by atomic mass is 35.5. The Morgan fingerprint density at radius 1 is 1.57 bits per heavy atom. The molecule has 0 aromatic heterocycles. The summed E-state index contributed by atoms with van der Waals surface area (Å²) in [4.78, 5) is 22.6. The van der Waals surface area contributed by atoms with Crippen molar-refractivity contribution in [3.8, 4) is 5.75 Å². The van der Waals surface area contributed by atoms with Crippen LogP contribution in [0.3, 0.4) is 0 Å². The average molecular weight is 316 g/mol. The zero-order valence-corrected chi connectivity index (χ0v) is 12.4. The predicted molar refractivity (Wildman–Crippen MR) is 79.9 cm³/mol. The van der Waals surface area contributed by atoms with Gasteiger partial charge in [0.1, 0.15) is 11.3 Å². The van der Waals surface area contributed by atoms with E-state index in [1.807, 2.05) is 0 Å². The molecular formula is C13H18ClN3O4. The minimum atomic E-state index is -0.580. The SMILES string of the molecule is COc1ccc([N+](=O)[O-])c(C(=O)NC(CN)C2CC2)c1.Cl. The van der Waals surface area contributed by atoms with Gasteiger partial charge in [-0.05, 0) is 30.9 Å². The number of amides is 1. The van der Waals surface area contributed by atoms with Gasteiger partial charge in [0.25, 0.3) is 11.6 Å². The molecule has 1 saturated carbocycles. The van der Waals surface area contributed by atoms with E-state index in [0.717, 1.165) is 12.8 Å². The lowest BCUT2D eigenvalue weighted by Crippen LogP contribution is -2.41. The van der Waals surface area contributed by atoms with Crippen LogP contribution in [0.5, 0.6) is 5.75 Å². The highest BCUT2D eigenvalue weighted by Crippen LogP contribution is 2.32. The Balaban J connectivity index is 0.00000220. The summed E-state index contributed by atoms with van der Waals surface area (Å²) in [6.07, 6.45) is 2.06. The van der Waals surface area contributed by atoms with Gasteiger partial charge in [-0.3, -0.25) is 14.9 Å². The van der Waals surface area contributed by atoms with Crippen LogP contribution in [0.1, 0.15) is 23.2 Å². The summed E-state index contributed by atoms with van der Waals surface area (Å²) in [6, 6.07) is 3.96. The maximum atomic E-state index is 12.2. The van der Waals surface area contributed by atoms with Gasteiger partial charge in [0.15, 0.2) is 0 Å². The number of hydrogen-bond acceptors (Lipinski definition) is 5. The van der Waals surface area contributed by atoms with Crippen molar-refractivity contribution < 1.29 is 14.5 Å². The lowest BCUT2D eigenvalue weighted by atomic mass is 10.1. The monoisotopic (exact) mass is 315 g/mol. The van der Waals surface area contributed by atoms with Gasteiger partial charge in [0.05, 0.1) is 12.0 Å². The summed E-state index contributed by atoms with van der Waals surface area (Å²) in [5.74, 6) is 0.294. The molecule has 0 saturated heterocycles. The molecule has 1 aromatic rings. The Morgan fingerprint density at radius 3 is 2.71 bits per heavy atom. The Bertz CT molecular complexity index is 534. The first kappa shape index (κ1) is 17.2. The number of nitrogens with zero attached hydrogens (tertiary/aromatic N) is 1. The Labute approximate surface area is 128 Å². The fraction of sp³-hybridized carbons (Fsp3) is 0.462. The van der Waals surface area contributed by atoms with Crippen molar-refractivity contribution in [3.05, 3.63) is 33.9 Å². The van der Waals surface area contributed by atoms with Crippen LogP contribution in [-0.2, 0) is 0 Å². The van der Waals surface area contributed by atoms with Gasteiger partial charge < -0.3 is 15.8 Å². The first-order valence-corrected chi connectivity index (χ1v) is 6.40. The molecule has 1 fully saturated rings. The van der Waals surface area contributed by atoms with Crippen molar-refractivity contribution in [2.45, 2.75) is 18.9 Å². The molecule has 3 N–H and O–H groups in total. The number of methoxy groups -OCH3 is 1. The molecule has 1 atom stereocenters. The number of benzene rings is 1. The summed E-state index contributed by atoms with van der Waals surface area (Å²) in [5, 5.41) is 13.8. The summed E-state index contributed by atoms with van der Waals surface area (Å²) in [7, 11) is 1.44. The number of rotatable bonds is 6. The van der Waals surface area contributed by atoms with E-state index in [2.05, 4.69) is 5.32 Å². The Hall–Kier alpha value is -1.86. The minimum absolute atomic E-state index is 0. The molecular weight excluding hydrogens is 298 g/mol. The summed E-state index contributed by atoms with van der Waals surface area (Å²) in [6.45, 7) is 0.328. The van der Waals surface area contributed by atoms with Crippen LogP contribution in [0.2, 0.25) is 0 Å². The normalized spacial score (nSPS) is 14.8. The van der Waals surface area contributed by atoms with Gasteiger partial charge in [-0.15, -0.1) is 12.4 Å². The van der Waals surface area contributed by atoms with Gasteiger partial charge in [-0.1, -0.05) is 0 Å². The van der Waals surface area contributed by atoms with Gasteiger partial charge >= 0.3 is 0 Å².